The summed E-state index contributed by atoms with van der Waals surface area (Å²) in [6.07, 6.45) is 3.43. The molecule has 0 aliphatic rings. The number of allylic oxidation sites excluding steroid dienone is 1. The first-order valence-electron chi connectivity index (χ1n) is 4.68. The Morgan fingerprint density at radius 2 is 1.83 bits per heavy atom. The van der Waals surface area contributed by atoms with E-state index in [4.69, 9.17) is 0 Å². The molecule has 1 unspecified atom stereocenters. The molecule has 1 heteroatoms. The van der Waals surface area contributed by atoms with Crippen LogP contribution in [-0.4, -0.2) is 13.1 Å². The van der Waals surface area contributed by atoms with Gasteiger partial charge in [0, 0.05) is 6.04 Å². The second-order valence-corrected chi connectivity index (χ2v) is 4.72. The smallest absolute Gasteiger partial charge is 0.0147 e. The summed E-state index contributed by atoms with van der Waals surface area (Å²) in [4.78, 5) is 0. The third-order valence-electron chi connectivity index (χ3n) is 2.16. The average molecular weight is 169 g/mol. The van der Waals surface area contributed by atoms with E-state index in [0.29, 0.717) is 11.5 Å². The summed E-state index contributed by atoms with van der Waals surface area (Å²) in [7, 11) is 2.04. The van der Waals surface area contributed by atoms with Gasteiger partial charge in [0.15, 0.2) is 0 Å². The minimum atomic E-state index is 0.348. The van der Waals surface area contributed by atoms with E-state index in [2.05, 4.69) is 46.0 Å². The maximum Gasteiger partial charge on any atom is 0.0147 e. The molecule has 0 saturated heterocycles. The van der Waals surface area contributed by atoms with Gasteiger partial charge in [-0.2, -0.15) is 0 Å². The summed E-state index contributed by atoms with van der Waals surface area (Å²) in [5.74, 6) is 0. The molecule has 0 bridgehead atoms. The fourth-order valence-corrected chi connectivity index (χ4v) is 1.26. The topological polar surface area (TPSA) is 12.0 Å². The second kappa shape index (κ2) is 4.66. The molecule has 0 radical (unpaired) electrons. The fraction of sp³-hybridized carbons (Fsp3) is 0.818. The maximum atomic E-state index is 3.35. The molecule has 0 aliphatic carbocycles. The van der Waals surface area contributed by atoms with Crippen molar-refractivity contribution >= 4 is 0 Å². The van der Waals surface area contributed by atoms with Crippen molar-refractivity contribution in [1.29, 1.82) is 0 Å². The Kier molecular flexibility index (Phi) is 4.54. The van der Waals surface area contributed by atoms with Crippen molar-refractivity contribution in [2.24, 2.45) is 5.41 Å². The van der Waals surface area contributed by atoms with E-state index >= 15 is 0 Å². The second-order valence-electron chi connectivity index (χ2n) is 4.72. The van der Waals surface area contributed by atoms with E-state index in [0.717, 1.165) is 6.42 Å². The normalized spacial score (nSPS) is 14.2. The average Bonchev–Trinajstić information content (AvgIpc) is 1.85. The zero-order valence-electron chi connectivity index (χ0n) is 9.36. The van der Waals surface area contributed by atoms with Gasteiger partial charge in [0.05, 0.1) is 0 Å². The highest BCUT2D eigenvalue weighted by atomic mass is 14.9. The number of rotatable bonds is 3. The van der Waals surface area contributed by atoms with Gasteiger partial charge < -0.3 is 5.32 Å². The summed E-state index contributed by atoms with van der Waals surface area (Å²) in [5, 5.41) is 3.35. The summed E-state index contributed by atoms with van der Waals surface area (Å²) >= 11 is 0. The monoisotopic (exact) mass is 169 g/mol. The molecule has 0 fully saturated rings. The summed E-state index contributed by atoms with van der Waals surface area (Å²) < 4.78 is 0. The lowest BCUT2D eigenvalue weighted by Crippen LogP contribution is -2.37. The van der Waals surface area contributed by atoms with Crippen molar-refractivity contribution in [2.75, 3.05) is 7.05 Å². The molecule has 0 heterocycles. The van der Waals surface area contributed by atoms with Gasteiger partial charge in [0.1, 0.15) is 0 Å². The molecule has 0 spiro atoms. The Morgan fingerprint density at radius 1 is 1.33 bits per heavy atom. The lowest BCUT2D eigenvalue weighted by atomic mass is 9.84. The summed E-state index contributed by atoms with van der Waals surface area (Å²) in [5.41, 5.74) is 1.75. The molecule has 0 saturated carbocycles. The van der Waals surface area contributed by atoms with E-state index in [1.165, 1.54) is 5.57 Å². The van der Waals surface area contributed by atoms with Crippen molar-refractivity contribution in [2.45, 2.75) is 47.1 Å². The maximum absolute atomic E-state index is 3.35. The highest BCUT2D eigenvalue weighted by Crippen LogP contribution is 2.22. The van der Waals surface area contributed by atoms with E-state index < -0.39 is 0 Å². The quantitative estimate of drug-likeness (QED) is 0.640. The minimum absolute atomic E-state index is 0.348. The Bertz CT molecular complexity index is 147. The molecule has 0 amide bonds. The Balaban J connectivity index is 4.10. The van der Waals surface area contributed by atoms with Crippen molar-refractivity contribution < 1.29 is 0 Å². The minimum Gasteiger partial charge on any atom is -0.316 e. The highest BCUT2D eigenvalue weighted by molar-refractivity contribution is 4.97. The van der Waals surface area contributed by atoms with Crippen LogP contribution in [0.2, 0.25) is 0 Å². The lowest BCUT2D eigenvalue weighted by Gasteiger charge is -2.29. The molecule has 12 heavy (non-hydrogen) atoms. The van der Waals surface area contributed by atoms with Crippen LogP contribution in [0.15, 0.2) is 11.6 Å². The molecule has 0 aromatic rings. The summed E-state index contributed by atoms with van der Waals surface area (Å²) in [6.45, 7) is 11.1. The van der Waals surface area contributed by atoms with E-state index in [1.807, 2.05) is 7.05 Å². The fourth-order valence-electron chi connectivity index (χ4n) is 1.26. The van der Waals surface area contributed by atoms with E-state index in [-0.39, 0.29) is 0 Å². The Morgan fingerprint density at radius 3 is 2.08 bits per heavy atom. The van der Waals surface area contributed by atoms with Crippen LogP contribution in [0.1, 0.15) is 41.0 Å². The van der Waals surface area contributed by atoms with Crippen LogP contribution < -0.4 is 5.32 Å². The molecule has 0 rings (SSSR count). The van der Waals surface area contributed by atoms with Crippen LogP contribution in [0.25, 0.3) is 0 Å². The standard InChI is InChI=1S/C11H23N/c1-9(2)7-8-10(12-6)11(3,4)5/h7,10,12H,8H2,1-6H3. The van der Waals surface area contributed by atoms with Crippen molar-refractivity contribution in [3.05, 3.63) is 11.6 Å². The third kappa shape index (κ3) is 4.55. The van der Waals surface area contributed by atoms with Gasteiger partial charge in [-0.05, 0) is 32.7 Å². The van der Waals surface area contributed by atoms with Crippen LogP contribution in [0.4, 0.5) is 0 Å². The first kappa shape index (κ1) is 11.7. The Labute approximate surface area is 77.2 Å². The van der Waals surface area contributed by atoms with Crippen LogP contribution in [0.5, 0.6) is 0 Å². The van der Waals surface area contributed by atoms with Gasteiger partial charge >= 0.3 is 0 Å². The number of hydrogen-bond donors (Lipinski definition) is 1. The van der Waals surface area contributed by atoms with Crippen LogP contribution in [0.3, 0.4) is 0 Å². The molecular weight excluding hydrogens is 146 g/mol. The van der Waals surface area contributed by atoms with Crippen LogP contribution in [0, 0.1) is 5.41 Å². The van der Waals surface area contributed by atoms with Crippen LogP contribution in [-0.2, 0) is 0 Å². The molecule has 1 N–H and O–H groups in total. The largest absolute Gasteiger partial charge is 0.316 e. The number of nitrogens with one attached hydrogen (secondary N) is 1. The predicted molar refractivity (Wildman–Crippen MR) is 56.4 cm³/mol. The van der Waals surface area contributed by atoms with Gasteiger partial charge in [-0.15, -0.1) is 0 Å². The Hall–Kier alpha value is -0.300. The van der Waals surface area contributed by atoms with Crippen molar-refractivity contribution in [3.63, 3.8) is 0 Å². The van der Waals surface area contributed by atoms with Gasteiger partial charge in [-0.1, -0.05) is 32.4 Å². The molecule has 72 valence electrons. The zero-order valence-corrected chi connectivity index (χ0v) is 9.36. The van der Waals surface area contributed by atoms with E-state index in [9.17, 15) is 0 Å². The molecular formula is C11H23N. The van der Waals surface area contributed by atoms with Gasteiger partial charge in [0.2, 0.25) is 0 Å². The molecule has 1 atom stereocenters. The zero-order chi connectivity index (χ0) is 9.78. The van der Waals surface area contributed by atoms with E-state index in [1.54, 1.807) is 0 Å². The molecule has 0 aromatic carbocycles. The highest BCUT2D eigenvalue weighted by Gasteiger charge is 2.21. The van der Waals surface area contributed by atoms with Gasteiger partial charge in [-0.25, -0.2) is 0 Å². The lowest BCUT2D eigenvalue weighted by molar-refractivity contribution is 0.283. The predicted octanol–water partition coefficient (Wildman–Crippen LogP) is 2.98. The number of hydrogen-bond acceptors (Lipinski definition) is 1. The summed E-state index contributed by atoms with van der Waals surface area (Å²) in [6, 6.07) is 0.576. The molecule has 0 aromatic heterocycles. The molecule has 1 nitrogen and oxygen atoms in total. The van der Waals surface area contributed by atoms with Crippen molar-refractivity contribution in [3.8, 4) is 0 Å². The van der Waals surface area contributed by atoms with Gasteiger partial charge in [-0.3, -0.25) is 0 Å². The van der Waals surface area contributed by atoms with Crippen molar-refractivity contribution in [1.82, 2.24) is 5.32 Å². The van der Waals surface area contributed by atoms with Crippen LogP contribution >= 0.6 is 0 Å². The SMILES string of the molecule is CNC(CC=C(C)C)C(C)(C)C. The third-order valence-corrected chi connectivity index (χ3v) is 2.16. The molecule has 0 aliphatic heterocycles. The van der Waals surface area contributed by atoms with Gasteiger partial charge in [0.25, 0.3) is 0 Å². The first-order chi connectivity index (χ1) is 5.38. The first-order valence-corrected chi connectivity index (χ1v) is 4.68.